The average Bonchev–Trinajstić information content (AvgIpc) is 2.53. The molecule has 0 bridgehead atoms. The third-order valence-corrected chi connectivity index (χ3v) is 2.75. The van der Waals surface area contributed by atoms with Gasteiger partial charge in [-0.05, 0) is 18.6 Å². The molecule has 0 aliphatic heterocycles. The Hall–Kier alpha value is -1.95. The number of methoxy groups -OCH3 is 2. The molecule has 0 unspecified atom stereocenters. The molecular formula is C15H25N3O3. The summed E-state index contributed by atoms with van der Waals surface area (Å²) in [5, 5.41) is 6.39. The molecule has 0 fully saturated rings. The van der Waals surface area contributed by atoms with Gasteiger partial charge in [0, 0.05) is 33.4 Å². The van der Waals surface area contributed by atoms with E-state index in [2.05, 4.69) is 15.6 Å². The molecule has 0 heterocycles. The summed E-state index contributed by atoms with van der Waals surface area (Å²) in [7, 11) is 5.08. The quantitative estimate of drug-likeness (QED) is 0.408. The summed E-state index contributed by atoms with van der Waals surface area (Å²) in [6.07, 6.45) is 0.942. The van der Waals surface area contributed by atoms with E-state index in [0.717, 1.165) is 37.0 Å². The maximum Gasteiger partial charge on any atom is 0.191 e. The van der Waals surface area contributed by atoms with E-state index in [4.69, 9.17) is 14.2 Å². The van der Waals surface area contributed by atoms with Crippen LogP contribution in [0.1, 0.15) is 6.42 Å². The second-order valence-corrected chi connectivity index (χ2v) is 4.30. The first kappa shape index (κ1) is 17.1. The van der Waals surface area contributed by atoms with Crippen molar-refractivity contribution in [1.82, 2.24) is 10.6 Å². The van der Waals surface area contributed by atoms with Crippen molar-refractivity contribution in [1.29, 1.82) is 0 Å². The van der Waals surface area contributed by atoms with Crippen LogP contribution in [0.5, 0.6) is 11.5 Å². The molecule has 118 valence electrons. The highest BCUT2D eigenvalue weighted by molar-refractivity contribution is 5.79. The molecule has 6 heteroatoms. The Morgan fingerprint density at radius 3 is 2.57 bits per heavy atom. The molecule has 0 radical (unpaired) electrons. The van der Waals surface area contributed by atoms with E-state index >= 15 is 0 Å². The first-order valence-corrected chi connectivity index (χ1v) is 7.00. The van der Waals surface area contributed by atoms with Crippen molar-refractivity contribution in [2.24, 2.45) is 4.99 Å². The fourth-order valence-corrected chi connectivity index (χ4v) is 1.67. The van der Waals surface area contributed by atoms with E-state index in [1.54, 1.807) is 21.3 Å². The highest BCUT2D eigenvalue weighted by Gasteiger charge is 1.98. The number of guanidine groups is 1. The highest BCUT2D eigenvalue weighted by Crippen LogP contribution is 2.18. The van der Waals surface area contributed by atoms with Crippen LogP contribution in [0.2, 0.25) is 0 Å². The Bertz CT molecular complexity index is 424. The molecule has 0 spiro atoms. The minimum Gasteiger partial charge on any atom is -0.497 e. The number of hydrogen-bond acceptors (Lipinski definition) is 4. The third-order valence-electron chi connectivity index (χ3n) is 2.75. The van der Waals surface area contributed by atoms with Crippen molar-refractivity contribution >= 4 is 5.96 Å². The van der Waals surface area contributed by atoms with Gasteiger partial charge in [0.25, 0.3) is 0 Å². The van der Waals surface area contributed by atoms with Gasteiger partial charge in [0.15, 0.2) is 5.96 Å². The maximum atomic E-state index is 5.64. The Morgan fingerprint density at radius 2 is 1.86 bits per heavy atom. The van der Waals surface area contributed by atoms with Gasteiger partial charge >= 0.3 is 0 Å². The van der Waals surface area contributed by atoms with Crippen LogP contribution in [0.3, 0.4) is 0 Å². The van der Waals surface area contributed by atoms with Crippen LogP contribution < -0.4 is 20.1 Å². The molecule has 2 N–H and O–H groups in total. The van der Waals surface area contributed by atoms with Crippen LogP contribution in [0.25, 0.3) is 0 Å². The van der Waals surface area contributed by atoms with E-state index in [9.17, 15) is 0 Å². The van der Waals surface area contributed by atoms with Crippen molar-refractivity contribution < 1.29 is 14.2 Å². The SMILES string of the molecule is CN=C(NCCCOC)NCCOc1cccc(OC)c1. The lowest BCUT2D eigenvalue weighted by atomic mass is 10.3. The molecular weight excluding hydrogens is 270 g/mol. The topological polar surface area (TPSA) is 64.1 Å². The first-order chi connectivity index (χ1) is 10.3. The van der Waals surface area contributed by atoms with Gasteiger partial charge in [0.2, 0.25) is 0 Å². The van der Waals surface area contributed by atoms with Gasteiger partial charge < -0.3 is 24.8 Å². The molecule has 0 saturated heterocycles. The molecule has 0 atom stereocenters. The van der Waals surface area contributed by atoms with Crippen molar-refractivity contribution in [3.05, 3.63) is 24.3 Å². The van der Waals surface area contributed by atoms with Crippen LogP contribution in [-0.2, 0) is 4.74 Å². The number of rotatable bonds is 9. The summed E-state index contributed by atoms with van der Waals surface area (Å²) in [4.78, 5) is 4.14. The van der Waals surface area contributed by atoms with Crippen molar-refractivity contribution in [3.8, 4) is 11.5 Å². The lowest BCUT2D eigenvalue weighted by molar-refractivity contribution is 0.195. The number of nitrogens with zero attached hydrogens (tertiary/aromatic N) is 1. The van der Waals surface area contributed by atoms with E-state index in [-0.39, 0.29) is 0 Å². The summed E-state index contributed by atoms with van der Waals surface area (Å²) < 4.78 is 15.8. The fourth-order valence-electron chi connectivity index (χ4n) is 1.67. The Balaban J connectivity index is 2.19. The van der Waals surface area contributed by atoms with Gasteiger partial charge in [-0.15, -0.1) is 0 Å². The zero-order valence-corrected chi connectivity index (χ0v) is 13.0. The third kappa shape index (κ3) is 7.41. The predicted octanol–water partition coefficient (Wildman–Crippen LogP) is 1.28. The number of benzene rings is 1. The molecule has 21 heavy (non-hydrogen) atoms. The summed E-state index contributed by atoms with van der Waals surface area (Å²) in [6.45, 7) is 2.78. The Labute approximate surface area is 126 Å². The van der Waals surface area contributed by atoms with E-state index in [0.29, 0.717) is 13.2 Å². The first-order valence-electron chi connectivity index (χ1n) is 7.00. The van der Waals surface area contributed by atoms with Gasteiger partial charge in [-0.2, -0.15) is 0 Å². The number of ether oxygens (including phenoxy) is 3. The number of hydrogen-bond donors (Lipinski definition) is 2. The molecule has 1 aromatic carbocycles. The molecule has 0 amide bonds. The molecule has 0 aromatic heterocycles. The van der Waals surface area contributed by atoms with Crippen LogP contribution in [-0.4, -0.2) is 53.5 Å². The molecule has 6 nitrogen and oxygen atoms in total. The summed E-state index contributed by atoms with van der Waals surface area (Å²) >= 11 is 0. The molecule has 0 aliphatic carbocycles. The lowest BCUT2D eigenvalue weighted by Gasteiger charge is -2.12. The van der Waals surface area contributed by atoms with Gasteiger partial charge in [-0.3, -0.25) is 4.99 Å². The minimum atomic E-state index is 0.548. The standard InChI is InChI=1S/C15H25N3O3/c1-16-15(17-8-5-10-19-2)18-9-11-21-14-7-4-6-13(12-14)20-3/h4,6-7,12H,5,8-11H2,1-3H3,(H2,16,17,18). The van der Waals surface area contributed by atoms with E-state index < -0.39 is 0 Å². The summed E-state index contributed by atoms with van der Waals surface area (Å²) in [5.74, 6) is 2.34. The van der Waals surface area contributed by atoms with Gasteiger partial charge in [-0.1, -0.05) is 6.07 Å². The molecule has 0 aliphatic rings. The smallest absolute Gasteiger partial charge is 0.191 e. The second-order valence-electron chi connectivity index (χ2n) is 4.30. The normalized spacial score (nSPS) is 11.1. The molecule has 0 saturated carbocycles. The lowest BCUT2D eigenvalue weighted by Crippen LogP contribution is -2.39. The number of nitrogens with one attached hydrogen (secondary N) is 2. The van der Waals surface area contributed by atoms with Crippen molar-refractivity contribution in [2.75, 3.05) is 47.6 Å². The van der Waals surface area contributed by atoms with Crippen molar-refractivity contribution in [3.63, 3.8) is 0 Å². The van der Waals surface area contributed by atoms with Crippen molar-refractivity contribution in [2.45, 2.75) is 6.42 Å². The molecule has 1 rings (SSSR count). The van der Waals surface area contributed by atoms with Crippen LogP contribution in [0, 0.1) is 0 Å². The van der Waals surface area contributed by atoms with Crippen LogP contribution in [0.4, 0.5) is 0 Å². The maximum absolute atomic E-state index is 5.64. The largest absolute Gasteiger partial charge is 0.497 e. The Morgan fingerprint density at radius 1 is 1.10 bits per heavy atom. The van der Waals surface area contributed by atoms with Gasteiger partial charge in [0.05, 0.1) is 13.7 Å². The molecule has 1 aromatic rings. The monoisotopic (exact) mass is 295 g/mol. The van der Waals surface area contributed by atoms with E-state index in [1.807, 2.05) is 24.3 Å². The zero-order chi connectivity index (χ0) is 15.3. The highest BCUT2D eigenvalue weighted by atomic mass is 16.5. The second kappa shape index (κ2) is 10.8. The minimum absolute atomic E-state index is 0.548. The zero-order valence-electron chi connectivity index (χ0n) is 13.0. The van der Waals surface area contributed by atoms with Crippen LogP contribution >= 0.6 is 0 Å². The summed E-state index contributed by atoms with van der Waals surface area (Å²) in [5.41, 5.74) is 0. The fraction of sp³-hybridized carbons (Fsp3) is 0.533. The van der Waals surface area contributed by atoms with Crippen LogP contribution in [0.15, 0.2) is 29.3 Å². The predicted molar refractivity (Wildman–Crippen MR) is 84.3 cm³/mol. The summed E-state index contributed by atoms with van der Waals surface area (Å²) in [6, 6.07) is 7.55. The number of aliphatic imine (C=N–C) groups is 1. The Kier molecular flexibility index (Phi) is 8.79. The van der Waals surface area contributed by atoms with E-state index in [1.165, 1.54) is 0 Å². The van der Waals surface area contributed by atoms with Gasteiger partial charge in [-0.25, -0.2) is 0 Å². The average molecular weight is 295 g/mol. The van der Waals surface area contributed by atoms with Gasteiger partial charge in [0.1, 0.15) is 18.1 Å².